The van der Waals surface area contributed by atoms with Gasteiger partial charge in [0.25, 0.3) is 0 Å². The molecular formula is C27H34FNO6. The maximum atomic E-state index is 14.4. The fraction of sp³-hybridized carbons (Fsp3) is 0.444. The summed E-state index contributed by atoms with van der Waals surface area (Å²) in [7, 11) is 0. The van der Waals surface area contributed by atoms with Crippen LogP contribution in [0.1, 0.15) is 52.0 Å². The van der Waals surface area contributed by atoms with E-state index >= 15 is 0 Å². The Balaban J connectivity index is 2.13. The molecule has 0 bridgehead atoms. The molecule has 0 heterocycles. The average molecular weight is 488 g/mol. The number of unbranched alkanes of at least 4 members (excludes halogenated alkanes) is 1. The van der Waals surface area contributed by atoms with Gasteiger partial charge in [0.2, 0.25) is 5.91 Å². The summed E-state index contributed by atoms with van der Waals surface area (Å²) in [6.45, 7) is 4.88. The molecule has 0 unspecified atom stereocenters. The zero-order valence-electron chi connectivity index (χ0n) is 20.6. The van der Waals surface area contributed by atoms with Crippen LogP contribution in [0.2, 0.25) is 0 Å². The predicted octanol–water partition coefficient (Wildman–Crippen LogP) is 4.59. The van der Waals surface area contributed by atoms with Crippen molar-refractivity contribution < 1.29 is 33.0 Å². The molecule has 0 radical (unpaired) electrons. The van der Waals surface area contributed by atoms with Crippen LogP contribution >= 0.6 is 0 Å². The standard InChI is InChI=1S/C27H34FNO6/c1-4-5-14-33-25-11-10-23(15-24(25)28)22-8-6-21(7-9-22)12-13-27(16-26(29)32,17-34-19(2)30)18-35-20(3)31/h6-11,15H,4-5,12-14,16-18H2,1-3H3,(H2,29,32). The van der Waals surface area contributed by atoms with E-state index in [0.29, 0.717) is 19.4 Å². The lowest BCUT2D eigenvalue weighted by molar-refractivity contribution is -0.154. The van der Waals surface area contributed by atoms with E-state index in [9.17, 15) is 18.8 Å². The van der Waals surface area contributed by atoms with Crippen LogP contribution in [-0.4, -0.2) is 37.7 Å². The number of carbonyl (C=O) groups is 3. The number of halogens is 1. The molecule has 8 heteroatoms. The number of hydrogen-bond acceptors (Lipinski definition) is 6. The van der Waals surface area contributed by atoms with Crippen molar-refractivity contribution in [2.24, 2.45) is 11.1 Å². The molecule has 7 nitrogen and oxygen atoms in total. The average Bonchev–Trinajstić information content (AvgIpc) is 2.81. The van der Waals surface area contributed by atoms with Crippen molar-refractivity contribution in [2.45, 2.75) is 52.9 Å². The van der Waals surface area contributed by atoms with Gasteiger partial charge in [-0.1, -0.05) is 43.7 Å². The second-order valence-corrected chi connectivity index (χ2v) is 8.75. The fourth-order valence-electron chi connectivity index (χ4n) is 3.65. The fourth-order valence-corrected chi connectivity index (χ4v) is 3.65. The summed E-state index contributed by atoms with van der Waals surface area (Å²) in [5.74, 6) is -1.75. The molecule has 2 aromatic rings. The molecule has 0 saturated heterocycles. The topological polar surface area (TPSA) is 105 Å². The number of ether oxygens (including phenoxy) is 3. The van der Waals surface area contributed by atoms with Crippen molar-refractivity contribution in [2.75, 3.05) is 19.8 Å². The van der Waals surface area contributed by atoms with Gasteiger partial charge in [-0.3, -0.25) is 14.4 Å². The second kappa shape index (κ2) is 13.5. The molecule has 0 aliphatic heterocycles. The van der Waals surface area contributed by atoms with E-state index in [1.54, 1.807) is 6.07 Å². The molecule has 190 valence electrons. The first-order chi connectivity index (χ1) is 16.6. The van der Waals surface area contributed by atoms with Gasteiger partial charge in [0.05, 0.1) is 6.61 Å². The van der Waals surface area contributed by atoms with Crippen molar-refractivity contribution in [1.29, 1.82) is 0 Å². The number of esters is 2. The number of aryl methyl sites for hydroxylation is 1. The first kappa shape index (κ1) is 27.8. The number of carbonyl (C=O) groups excluding carboxylic acids is 3. The summed E-state index contributed by atoms with van der Waals surface area (Å²) in [6, 6.07) is 12.5. The molecule has 0 fully saturated rings. The van der Waals surface area contributed by atoms with E-state index in [-0.39, 0.29) is 25.4 Å². The molecule has 2 rings (SSSR count). The Labute approximate surface area is 205 Å². The molecule has 1 amide bonds. The van der Waals surface area contributed by atoms with Gasteiger partial charge in [-0.15, -0.1) is 0 Å². The summed E-state index contributed by atoms with van der Waals surface area (Å²) < 4.78 is 30.2. The molecular weight excluding hydrogens is 453 g/mol. The molecule has 0 aromatic heterocycles. The summed E-state index contributed by atoms with van der Waals surface area (Å²) in [6.07, 6.45) is 2.66. The quantitative estimate of drug-likeness (QED) is 0.309. The minimum Gasteiger partial charge on any atom is -0.491 e. The van der Waals surface area contributed by atoms with Gasteiger partial charge in [0.1, 0.15) is 13.2 Å². The van der Waals surface area contributed by atoms with E-state index in [0.717, 1.165) is 29.5 Å². The Morgan fingerprint density at radius 1 is 0.943 bits per heavy atom. The Bertz CT molecular complexity index is 987. The van der Waals surface area contributed by atoms with E-state index in [1.165, 1.54) is 19.9 Å². The van der Waals surface area contributed by atoms with Gasteiger partial charge in [0.15, 0.2) is 11.6 Å². The highest BCUT2D eigenvalue weighted by molar-refractivity contribution is 5.75. The third-order valence-corrected chi connectivity index (χ3v) is 5.63. The summed E-state index contributed by atoms with van der Waals surface area (Å²) >= 11 is 0. The molecule has 0 atom stereocenters. The summed E-state index contributed by atoms with van der Waals surface area (Å²) in [5.41, 5.74) is 7.03. The van der Waals surface area contributed by atoms with E-state index in [1.807, 2.05) is 37.3 Å². The summed E-state index contributed by atoms with van der Waals surface area (Å²) in [5, 5.41) is 0. The first-order valence-corrected chi connectivity index (χ1v) is 11.7. The highest BCUT2D eigenvalue weighted by atomic mass is 19.1. The zero-order chi connectivity index (χ0) is 25.8. The van der Waals surface area contributed by atoms with Crippen LogP contribution in [0.4, 0.5) is 4.39 Å². The Kier molecular flexibility index (Phi) is 10.7. The van der Waals surface area contributed by atoms with Crippen LogP contribution in [0.3, 0.4) is 0 Å². The van der Waals surface area contributed by atoms with Gasteiger partial charge >= 0.3 is 11.9 Å². The van der Waals surface area contributed by atoms with Crippen LogP contribution in [-0.2, 0) is 30.3 Å². The van der Waals surface area contributed by atoms with E-state index in [4.69, 9.17) is 19.9 Å². The number of benzene rings is 2. The SMILES string of the molecule is CCCCOc1ccc(-c2ccc(CCC(COC(C)=O)(COC(C)=O)CC(N)=O)cc2)cc1F. The van der Waals surface area contributed by atoms with Crippen molar-refractivity contribution in [1.82, 2.24) is 0 Å². The van der Waals surface area contributed by atoms with Crippen molar-refractivity contribution in [3.8, 4) is 16.9 Å². The minimum absolute atomic E-state index is 0.0947. The van der Waals surface area contributed by atoms with E-state index in [2.05, 4.69) is 0 Å². The number of amides is 1. The Morgan fingerprint density at radius 3 is 2.06 bits per heavy atom. The highest BCUT2D eigenvalue weighted by Crippen LogP contribution is 2.31. The number of hydrogen-bond donors (Lipinski definition) is 1. The highest BCUT2D eigenvalue weighted by Gasteiger charge is 2.35. The lowest BCUT2D eigenvalue weighted by Crippen LogP contribution is -2.38. The van der Waals surface area contributed by atoms with E-state index < -0.39 is 29.1 Å². The van der Waals surface area contributed by atoms with Crippen LogP contribution < -0.4 is 10.5 Å². The molecule has 0 saturated carbocycles. The van der Waals surface area contributed by atoms with Crippen molar-refractivity contribution in [3.63, 3.8) is 0 Å². The van der Waals surface area contributed by atoms with Crippen LogP contribution in [0.5, 0.6) is 5.75 Å². The molecule has 2 aromatic carbocycles. The molecule has 0 spiro atoms. The molecule has 2 N–H and O–H groups in total. The predicted molar refractivity (Wildman–Crippen MR) is 130 cm³/mol. The summed E-state index contributed by atoms with van der Waals surface area (Å²) in [4.78, 5) is 34.5. The maximum absolute atomic E-state index is 14.4. The third kappa shape index (κ3) is 9.39. The van der Waals surface area contributed by atoms with Crippen molar-refractivity contribution >= 4 is 17.8 Å². The van der Waals surface area contributed by atoms with Gasteiger partial charge in [-0.2, -0.15) is 0 Å². The van der Waals surface area contributed by atoms with Gasteiger partial charge in [-0.25, -0.2) is 4.39 Å². The lowest BCUT2D eigenvalue weighted by atomic mass is 9.80. The molecule has 35 heavy (non-hydrogen) atoms. The maximum Gasteiger partial charge on any atom is 0.302 e. The smallest absolute Gasteiger partial charge is 0.302 e. The molecule has 0 aliphatic carbocycles. The Hall–Kier alpha value is -3.42. The second-order valence-electron chi connectivity index (χ2n) is 8.75. The van der Waals surface area contributed by atoms with Gasteiger partial charge in [0, 0.05) is 25.7 Å². The number of nitrogens with two attached hydrogens (primary N) is 1. The largest absolute Gasteiger partial charge is 0.491 e. The van der Waals surface area contributed by atoms with Gasteiger partial charge in [-0.05, 0) is 48.1 Å². The third-order valence-electron chi connectivity index (χ3n) is 5.63. The lowest BCUT2D eigenvalue weighted by Gasteiger charge is -2.31. The number of rotatable bonds is 14. The first-order valence-electron chi connectivity index (χ1n) is 11.7. The number of primary amides is 1. The van der Waals surface area contributed by atoms with Crippen LogP contribution in [0, 0.1) is 11.2 Å². The minimum atomic E-state index is -0.932. The monoisotopic (exact) mass is 487 g/mol. The zero-order valence-corrected chi connectivity index (χ0v) is 20.6. The molecule has 0 aliphatic rings. The normalized spacial score (nSPS) is 11.1. The van der Waals surface area contributed by atoms with Gasteiger partial charge < -0.3 is 19.9 Å². The Morgan fingerprint density at radius 2 is 1.54 bits per heavy atom. The van der Waals surface area contributed by atoms with Crippen LogP contribution in [0.15, 0.2) is 42.5 Å². The van der Waals surface area contributed by atoms with Crippen molar-refractivity contribution in [3.05, 3.63) is 53.8 Å². The van der Waals surface area contributed by atoms with Crippen LogP contribution in [0.25, 0.3) is 11.1 Å².